The Kier molecular flexibility index (Phi) is 5.77. The van der Waals surface area contributed by atoms with E-state index >= 15 is 0 Å². The minimum atomic E-state index is -0.0339. The average Bonchev–Trinajstić information content (AvgIpc) is 3.52. The molecule has 8 nitrogen and oxygen atoms in total. The number of piperazine rings is 1. The minimum Gasteiger partial charge on any atom is -0.459 e. The number of amides is 1. The summed E-state index contributed by atoms with van der Waals surface area (Å²) < 4.78 is 10.8. The fourth-order valence-electron chi connectivity index (χ4n) is 5.12. The van der Waals surface area contributed by atoms with Crippen molar-refractivity contribution < 1.29 is 13.9 Å². The van der Waals surface area contributed by atoms with Crippen LogP contribution in [0.15, 0.2) is 22.8 Å². The monoisotopic (exact) mass is 467 g/mol. The van der Waals surface area contributed by atoms with E-state index in [0.717, 1.165) is 75.3 Å². The molecule has 0 radical (unpaired) electrons. The van der Waals surface area contributed by atoms with Crippen molar-refractivity contribution in [3.63, 3.8) is 0 Å². The predicted octanol–water partition coefficient (Wildman–Crippen LogP) is 2.96. The van der Waals surface area contributed by atoms with Crippen molar-refractivity contribution in [2.75, 3.05) is 57.4 Å². The molecule has 3 aromatic heterocycles. The molecule has 6 rings (SSSR count). The van der Waals surface area contributed by atoms with Gasteiger partial charge < -0.3 is 19.0 Å². The third kappa shape index (κ3) is 4.13. The zero-order chi connectivity index (χ0) is 22.2. The molecule has 33 heavy (non-hydrogen) atoms. The second-order valence-corrected chi connectivity index (χ2v) is 10.1. The van der Waals surface area contributed by atoms with E-state index in [4.69, 9.17) is 19.1 Å². The van der Waals surface area contributed by atoms with Crippen LogP contribution in [0, 0.1) is 0 Å². The molecule has 174 valence electrons. The third-order valence-electron chi connectivity index (χ3n) is 6.91. The van der Waals surface area contributed by atoms with Gasteiger partial charge in [-0.2, -0.15) is 0 Å². The molecule has 2 aliphatic heterocycles. The van der Waals surface area contributed by atoms with Crippen LogP contribution in [0.3, 0.4) is 0 Å². The largest absolute Gasteiger partial charge is 0.459 e. The highest BCUT2D eigenvalue weighted by Gasteiger charge is 2.29. The fourth-order valence-corrected chi connectivity index (χ4v) is 6.39. The highest BCUT2D eigenvalue weighted by atomic mass is 32.1. The summed E-state index contributed by atoms with van der Waals surface area (Å²) in [6.07, 6.45) is 6.32. The summed E-state index contributed by atoms with van der Waals surface area (Å²) in [7, 11) is 0. The number of ether oxygens (including phenoxy) is 1. The SMILES string of the molecule is O=C(c1ccco1)N1CCN(c2nc(CN3CCOCC3)nc3sc4c(c23)CCCC4)CC1. The molecule has 0 aromatic carbocycles. The highest BCUT2D eigenvalue weighted by Crippen LogP contribution is 2.40. The predicted molar refractivity (Wildman–Crippen MR) is 127 cm³/mol. The Morgan fingerprint density at radius 2 is 1.85 bits per heavy atom. The van der Waals surface area contributed by atoms with E-state index in [0.29, 0.717) is 18.8 Å². The molecule has 0 bridgehead atoms. The number of rotatable bonds is 4. The first-order valence-corrected chi connectivity index (χ1v) is 12.8. The molecule has 0 atom stereocenters. The normalized spacial score (nSPS) is 19.8. The molecule has 2 saturated heterocycles. The van der Waals surface area contributed by atoms with E-state index in [2.05, 4.69) is 9.80 Å². The number of hydrogen-bond acceptors (Lipinski definition) is 8. The molecule has 1 aliphatic carbocycles. The number of hydrogen-bond donors (Lipinski definition) is 0. The summed E-state index contributed by atoms with van der Waals surface area (Å²) in [5.74, 6) is 2.33. The van der Waals surface area contributed by atoms with Gasteiger partial charge in [0.25, 0.3) is 5.91 Å². The van der Waals surface area contributed by atoms with Gasteiger partial charge in [0.1, 0.15) is 16.5 Å². The standard InChI is InChI=1S/C24H29N5O3S/c30-24(18-5-3-13-32-18)29-9-7-28(8-10-29)22-21-17-4-1-2-6-19(17)33-23(21)26-20(25-22)16-27-11-14-31-15-12-27/h3,5,13H,1-2,4,6-12,14-16H2. The summed E-state index contributed by atoms with van der Waals surface area (Å²) in [5.41, 5.74) is 1.46. The molecule has 3 aliphatic rings. The fraction of sp³-hybridized carbons (Fsp3) is 0.542. The van der Waals surface area contributed by atoms with Crippen LogP contribution < -0.4 is 4.90 Å². The Morgan fingerprint density at radius 3 is 2.64 bits per heavy atom. The topological polar surface area (TPSA) is 74.9 Å². The smallest absolute Gasteiger partial charge is 0.289 e. The molecule has 2 fully saturated rings. The van der Waals surface area contributed by atoms with E-state index in [1.165, 1.54) is 28.7 Å². The number of nitrogens with zero attached hydrogens (tertiary/aromatic N) is 5. The van der Waals surface area contributed by atoms with Gasteiger partial charge in [-0.05, 0) is 43.4 Å². The maximum Gasteiger partial charge on any atom is 0.289 e. The number of carbonyl (C=O) groups is 1. The van der Waals surface area contributed by atoms with Crippen LogP contribution in [0.25, 0.3) is 10.2 Å². The van der Waals surface area contributed by atoms with Gasteiger partial charge >= 0.3 is 0 Å². The zero-order valence-electron chi connectivity index (χ0n) is 18.8. The van der Waals surface area contributed by atoms with Crippen molar-refractivity contribution in [2.24, 2.45) is 0 Å². The van der Waals surface area contributed by atoms with Crippen LogP contribution in [-0.4, -0.2) is 78.2 Å². The molecule has 5 heterocycles. The molecular weight excluding hydrogens is 438 g/mol. The molecule has 0 saturated carbocycles. The second kappa shape index (κ2) is 9.04. The average molecular weight is 468 g/mol. The van der Waals surface area contributed by atoms with Crippen molar-refractivity contribution in [3.05, 3.63) is 40.4 Å². The van der Waals surface area contributed by atoms with Crippen molar-refractivity contribution >= 4 is 33.3 Å². The Bertz CT molecular complexity index is 1130. The Labute approximate surface area is 197 Å². The van der Waals surface area contributed by atoms with Gasteiger partial charge in [-0.3, -0.25) is 9.69 Å². The van der Waals surface area contributed by atoms with Gasteiger partial charge in [0.05, 0.1) is 31.4 Å². The first kappa shape index (κ1) is 21.1. The number of aryl methyl sites for hydroxylation is 2. The Hall–Kier alpha value is -2.49. The minimum absolute atomic E-state index is 0.0339. The van der Waals surface area contributed by atoms with Gasteiger partial charge in [0, 0.05) is 44.1 Å². The van der Waals surface area contributed by atoms with Crippen LogP contribution in [0.2, 0.25) is 0 Å². The van der Waals surface area contributed by atoms with Gasteiger partial charge in [0.15, 0.2) is 5.76 Å². The van der Waals surface area contributed by atoms with Gasteiger partial charge in [-0.1, -0.05) is 0 Å². The van der Waals surface area contributed by atoms with Gasteiger partial charge in [0.2, 0.25) is 0 Å². The number of thiophene rings is 1. The summed E-state index contributed by atoms with van der Waals surface area (Å²) in [6.45, 7) is 7.00. The molecule has 0 unspecified atom stereocenters. The first-order chi connectivity index (χ1) is 16.3. The lowest BCUT2D eigenvalue weighted by molar-refractivity contribution is 0.0331. The lowest BCUT2D eigenvalue weighted by atomic mass is 9.97. The van der Waals surface area contributed by atoms with Crippen LogP contribution in [0.4, 0.5) is 5.82 Å². The number of fused-ring (bicyclic) bond motifs is 3. The van der Waals surface area contributed by atoms with Crippen molar-refractivity contribution in [3.8, 4) is 0 Å². The first-order valence-electron chi connectivity index (χ1n) is 12.0. The maximum absolute atomic E-state index is 12.7. The third-order valence-corrected chi connectivity index (χ3v) is 8.09. The molecule has 1 amide bonds. The quantitative estimate of drug-likeness (QED) is 0.584. The van der Waals surface area contributed by atoms with Crippen LogP contribution in [0.5, 0.6) is 0 Å². The summed E-state index contributed by atoms with van der Waals surface area (Å²) >= 11 is 1.86. The van der Waals surface area contributed by atoms with E-state index in [-0.39, 0.29) is 5.91 Å². The molecule has 9 heteroatoms. The van der Waals surface area contributed by atoms with Crippen LogP contribution in [-0.2, 0) is 24.1 Å². The van der Waals surface area contributed by atoms with Crippen molar-refractivity contribution in [1.29, 1.82) is 0 Å². The second-order valence-electron chi connectivity index (χ2n) is 9.00. The molecular formula is C24H29N5O3S. The molecule has 3 aromatic rings. The molecule has 0 spiro atoms. The summed E-state index contributed by atoms with van der Waals surface area (Å²) in [6, 6.07) is 3.50. The maximum atomic E-state index is 12.7. The number of furan rings is 1. The van der Waals surface area contributed by atoms with Crippen molar-refractivity contribution in [2.45, 2.75) is 32.2 Å². The van der Waals surface area contributed by atoms with E-state index in [1.54, 1.807) is 18.4 Å². The van der Waals surface area contributed by atoms with Crippen LogP contribution >= 0.6 is 11.3 Å². The Balaban J connectivity index is 1.29. The van der Waals surface area contributed by atoms with E-state index in [1.807, 2.05) is 16.2 Å². The zero-order valence-corrected chi connectivity index (χ0v) is 19.6. The summed E-state index contributed by atoms with van der Waals surface area (Å²) in [5, 5.41) is 1.26. The van der Waals surface area contributed by atoms with Gasteiger partial charge in [-0.15, -0.1) is 11.3 Å². The lowest BCUT2D eigenvalue weighted by Crippen LogP contribution is -2.49. The Morgan fingerprint density at radius 1 is 1.03 bits per heavy atom. The van der Waals surface area contributed by atoms with E-state index < -0.39 is 0 Å². The molecule has 0 N–H and O–H groups in total. The lowest BCUT2D eigenvalue weighted by Gasteiger charge is -2.35. The van der Waals surface area contributed by atoms with Crippen LogP contribution in [0.1, 0.15) is 39.7 Å². The number of carbonyl (C=O) groups excluding carboxylic acids is 1. The van der Waals surface area contributed by atoms with Gasteiger partial charge in [-0.25, -0.2) is 9.97 Å². The van der Waals surface area contributed by atoms with Crippen molar-refractivity contribution in [1.82, 2.24) is 19.8 Å². The summed E-state index contributed by atoms with van der Waals surface area (Å²) in [4.78, 5) is 32.1. The van der Waals surface area contributed by atoms with E-state index in [9.17, 15) is 4.79 Å². The number of morpholine rings is 1. The highest BCUT2D eigenvalue weighted by molar-refractivity contribution is 7.19. The number of anilines is 1. The number of aromatic nitrogens is 2.